The Hall–Kier alpha value is -2.24. The van der Waals surface area contributed by atoms with Crippen molar-refractivity contribution in [2.75, 3.05) is 0 Å². The number of amides is 1. The van der Waals surface area contributed by atoms with Gasteiger partial charge in [-0.1, -0.05) is 26.0 Å². The topological polar surface area (TPSA) is 84.6 Å². The molecule has 0 saturated carbocycles. The maximum atomic E-state index is 11.5. The second kappa shape index (κ2) is 6.48. The van der Waals surface area contributed by atoms with Crippen LogP contribution in [0.1, 0.15) is 19.4 Å². The molecule has 0 aliphatic heterocycles. The van der Waals surface area contributed by atoms with Crippen molar-refractivity contribution in [2.45, 2.75) is 20.3 Å². The van der Waals surface area contributed by atoms with Gasteiger partial charge in [-0.15, -0.1) is 0 Å². The predicted molar refractivity (Wildman–Crippen MR) is 68.3 cm³/mol. The first-order valence-corrected chi connectivity index (χ1v) is 5.54. The molecule has 0 spiro atoms. The van der Waals surface area contributed by atoms with E-state index >= 15 is 0 Å². The normalized spacial score (nSPS) is 10.8. The van der Waals surface area contributed by atoms with E-state index in [1.165, 1.54) is 12.1 Å². The smallest absolute Gasteiger partial charge is 0.269 e. The van der Waals surface area contributed by atoms with Crippen molar-refractivity contribution in [2.24, 2.45) is 11.0 Å². The standard InChI is InChI=1S/C12H15N3O3/c1-9(2)8-13-14-12(16)7-10-3-5-11(6-4-10)15(17)18/h3-6,8-9H,7H2,1-2H3,(H,14,16)/b13-8-. The third kappa shape index (κ3) is 4.73. The largest absolute Gasteiger partial charge is 0.273 e. The van der Waals surface area contributed by atoms with Crippen LogP contribution in [0.5, 0.6) is 0 Å². The summed E-state index contributed by atoms with van der Waals surface area (Å²) >= 11 is 0. The lowest BCUT2D eigenvalue weighted by atomic mass is 10.1. The summed E-state index contributed by atoms with van der Waals surface area (Å²) in [6, 6.07) is 5.87. The van der Waals surface area contributed by atoms with E-state index in [1.54, 1.807) is 18.3 Å². The molecule has 0 fully saturated rings. The number of hydrazone groups is 1. The van der Waals surface area contributed by atoms with Gasteiger partial charge in [0.15, 0.2) is 0 Å². The second-order valence-corrected chi connectivity index (χ2v) is 4.16. The molecule has 0 aliphatic carbocycles. The molecule has 0 aliphatic rings. The summed E-state index contributed by atoms with van der Waals surface area (Å²) in [5.41, 5.74) is 3.11. The zero-order chi connectivity index (χ0) is 13.5. The minimum atomic E-state index is -0.475. The van der Waals surface area contributed by atoms with Crippen LogP contribution in [0.4, 0.5) is 5.69 Å². The second-order valence-electron chi connectivity index (χ2n) is 4.16. The van der Waals surface area contributed by atoms with Crippen LogP contribution in [0.15, 0.2) is 29.4 Å². The summed E-state index contributed by atoms with van der Waals surface area (Å²) in [5, 5.41) is 14.2. The molecular formula is C12H15N3O3. The number of nitro benzene ring substituents is 1. The van der Waals surface area contributed by atoms with E-state index in [0.29, 0.717) is 5.56 Å². The van der Waals surface area contributed by atoms with Crippen LogP contribution in [-0.4, -0.2) is 17.0 Å². The first-order chi connectivity index (χ1) is 8.49. The summed E-state index contributed by atoms with van der Waals surface area (Å²) in [6.07, 6.45) is 1.78. The van der Waals surface area contributed by atoms with Gasteiger partial charge in [0.2, 0.25) is 5.91 Å². The first-order valence-electron chi connectivity index (χ1n) is 5.54. The number of carbonyl (C=O) groups excluding carboxylic acids is 1. The minimum Gasteiger partial charge on any atom is -0.273 e. The molecule has 0 heterocycles. The summed E-state index contributed by atoms with van der Waals surface area (Å²) in [4.78, 5) is 21.4. The van der Waals surface area contributed by atoms with E-state index in [0.717, 1.165) is 0 Å². The number of hydrogen-bond acceptors (Lipinski definition) is 4. The van der Waals surface area contributed by atoms with Crippen molar-refractivity contribution in [3.63, 3.8) is 0 Å². The molecule has 1 amide bonds. The number of nitrogens with zero attached hydrogens (tertiary/aromatic N) is 2. The minimum absolute atomic E-state index is 0.0111. The lowest BCUT2D eigenvalue weighted by molar-refractivity contribution is -0.384. The Morgan fingerprint density at radius 3 is 2.56 bits per heavy atom. The predicted octanol–water partition coefficient (Wildman–Crippen LogP) is 1.90. The van der Waals surface area contributed by atoms with E-state index in [9.17, 15) is 14.9 Å². The number of nitro groups is 1. The summed E-state index contributed by atoms with van der Waals surface area (Å²) in [5.74, 6) is 0.0189. The lowest BCUT2D eigenvalue weighted by Crippen LogP contribution is -2.20. The zero-order valence-electron chi connectivity index (χ0n) is 10.3. The Morgan fingerprint density at radius 1 is 1.44 bits per heavy atom. The molecule has 96 valence electrons. The Kier molecular flexibility index (Phi) is 4.98. The average Bonchev–Trinajstić information content (AvgIpc) is 2.29. The molecule has 1 rings (SSSR count). The molecule has 0 bridgehead atoms. The van der Waals surface area contributed by atoms with Crippen LogP contribution in [0.3, 0.4) is 0 Å². The molecule has 0 saturated heterocycles. The van der Waals surface area contributed by atoms with Crippen LogP contribution < -0.4 is 5.43 Å². The highest BCUT2D eigenvalue weighted by Gasteiger charge is 2.06. The maximum absolute atomic E-state index is 11.5. The molecule has 6 nitrogen and oxygen atoms in total. The quantitative estimate of drug-likeness (QED) is 0.491. The molecule has 18 heavy (non-hydrogen) atoms. The number of non-ortho nitro benzene ring substituents is 1. The summed E-state index contributed by atoms with van der Waals surface area (Å²) < 4.78 is 0. The number of benzene rings is 1. The Morgan fingerprint density at radius 2 is 2.06 bits per heavy atom. The van der Waals surface area contributed by atoms with Gasteiger partial charge < -0.3 is 0 Å². The van der Waals surface area contributed by atoms with E-state index in [-0.39, 0.29) is 23.9 Å². The highest BCUT2D eigenvalue weighted by Crippen LogP contribution is 2.12. The number of hydrogen-bond donors (Lipinski definition) is 1. The first kappa shape index (κ1) is 13.8. The van der Waals surface area contributed by atoms with Crippen molar-refractivity contribution >= 4 is 17.8 Å². The average molecular weight is 249 g/mol. The van der Waals surface area contributed by atoms with E-state index < -0.39 is 4.92 Å². The van der Waals surface area contributed by atoms with Crippen LogP contribution in [0.2, 0.25) is 0 Å². The van der Waals surface area contributed by atoms with Gasteiger partial charge in [0.1, 0.15) is 0 Å². The van der Waals surface area contributed by atoms with Gasteiger partial charge in [-0.2, -0.15) is 5.10 Å². The molecule has 0 aromatic heterocycles. The molecule has 0 radical (unpaired) electrons. The van der Waals surface area contributed by atoms with Crippen LogP contribution in [0.25, 0.3) is 0 Å². The highest BCUT2D eigenvalue weighted by molar-refractivity contribution is 5.79. The third-order valence-corrected chi connectivity index (χ3v) is 2.07. The number of carbonyl (C=O) groups is 1. The monoisotopic (exact) mass is 249 g/mol. The third-order valence-electron chi connectivity index (χ3n) is 2.07. The number of rotatable bonds is 5. The van der Waals surface area contributed by atoms with Gasteiger partial charge in [0, 0.05) is 18.3 Å². The van der Waals surface area contributed by atoms with Gasteiger partial charge in [0.25, 0.3) is 5.69 Å². The molecule has 0 unspecified atom stereocenters. The van der Waals surface area contributed by atoms with Gasteiger partial charge in [0.05, 0.1) is 11.3 Å². The Bertz CT molecular complexity index is 452. The van der Waals surface area contributed by atoms with Crippen LogP contribution >= 0.6 is 0 Å². The molecule has 1 aromatic rings. The van der Waals surface area contributed by atoms with Crippen molar-refractivity contribution < 1.29 is 9.72 Å². The zero-order valence-corrected chi connectivity index (χ0v) is 10.3. The Labute approximate surface area is 105 Å². The number of nitrogens with one attached hydrogen (secondary N) is 1. The summed E-state index contributed by atoms with van der Waals surface area (Å²) in [6.45, 7) is 3.90. The van der Waals surface area contributed by atoms with Crippen molar-refractivity contribution in [1.29, 1.82) is 0 Å². The fourth-order valence-electron chi connectivity index (χ4n) is 1.22. The lowest BCUT2D eigenvalue weighted by Gasteiger charge is -2.00. The van der Waals surface area contributed by atoms with E-state index in [2.05, 4.69) is 10.5 Å². The van der Waals surface area contributed by atoms with Crippen molar-refractivity contribution in [1.82, 2.24) is 5.43 Å². The molecule has 0 atom stereocenters. The fourth-order valence-corrected chi connectivity index (χ4v) is 1.22. The Balaban J connectivity index is 2.52. The SMILES string of the molecule is CC(C)/C=N\NC(=O)Cc1ccc([N+](=O)[O-])cc1. The van der Waals surface area contributed by atoms with Crippen molar-refractivity contribution in [3.05, 3.63) is 39.9 Å². The molecule has 1 N–H and O–H groups in total. The van der Waals surface area contributed by atoms with Crippen molar-refractivity contribution in [3.8, 4) is 0 Å². The van der Waals surface area contributed by atoms with Crippen LogP contribution in [-0.2, 0) is 11.2 Å². The summed E-state index contributed by atoms with van der Waals surface area (Å²) in [7, 11) is 0. The van der Waals surface area contributed by atoms with E-state index in [4.69, 9.17) is 0 Å². The van der Waals surface area contributed by atoms with Gasteiger partial charge >= 0.3 is 0 Å². The van der Waals surface area contributed by atoms with Gasteiger partial charge in [-0.3, -0.25) is 14.9 Å². The molecular weight excluding hydrogens is 234 g/mol. The van der Waals surface area contributed by atoms with E-state index in [1.807, 2.05) is 13.8 Å². The highest BCUT2D eigenvalue weighted by atomic mass is 16.6. The maximum Gasteiger partial charge on any atom is 0.269 e. The fraction of sp³-hybridized carbons (Fsp3) is 0.333. The van der Waals surface area contributed by atoms with Crippen LogP contribution in [0, 0.1) is 16.0 Å². The molecule has 6 heteroatoms. The van der Waals surface area contributed by atoms with Gasteiger partial charge in [-0.25, -0.2) is 5.43 Å². The molecule has 1 aromatic carbocycles. The van der Waals surface area contributed by atoms with Gasteiger partial charge in [-0.05, 0) is 11.5 Å².